The van der Waals surface area contributed by atoms with E-state index in [-0.39, 0.29) is 18.1 Å². The minimum atomic E-state index is -0.762. The van der Waals surface area contributed by atoms with Gasteiger partial charge >= 0.3 is 11.9 Å². The Morgan fingerprint density at radius 3 is 2.05 bits per heavy atom. The average molecular weight is 280 g/mol. The molecule has 1 aromatic rings. The fraction of sp³-hybridized carbons (Fsp3) is 0.467. The molecule has 2 N–H and O–H groups in total. The Morgan fingerprint density at radius 1 is 0.900 bits per heavy atom. The van der Waals surface area contributed by atoms with Gasteiger partial charge in [0.05, 0.1) is 0 Å². The number of rotatable bonds is 9. The van der Waals surface area contributed by atoms with Crippen molar-refractivity contribution in [2.24, 2.45) is 0 Å². The third kappa shape index (κ3) is 7.41. The molecule has 0 spiro atoms. The Balaban J connectivity index is 2.05. The monoisotopic (exact) mass is 280 g/mol. The quantitative estimate of drug-likeness (QED) is 0.412. The van der Waals surface area contributed by atoms with Gasteiger partial charge in [0.2, 0.25) is 0 Å². The highest BCUT2D eigenvalue weighted by Gasteiger charge is 2.04. The van der Waals surface area contributed by atoms with E-state index in [0.29, 0.717) is 18.6 Å². The second kappa shape index (κ2) is 8.96. The Kier molecular flexibility index (Phi) is 7.17. The molecule has 110 valence electrons. The maximum Gasteiger partial charge on any atom is 0.311 e. The molecule has 0 saturated heterocycles. The maximum absolute atomic E-state index is 11.5. The van der Waals surface area contributed by atoms with Crippen molar-refractivity contribution in [3.05, 3.63) is 24.3 Å². The van der Waals surface area contributed by atoms with Crippen LogP contribution in [0.15, 0.2) is 24.3 Å². The van der Waals surface area contributed by atoms with Gasteiger partial charge in [0.1, 0.15) is 11.5 Å². The molecule has 5 heteroatoms. The zero-order chi connectivity index (χ0) is 14.8. The molecule has 1 aromatic carbocycles. The number of phenols is 1. The normalized spacial score (nSPS) is 10.2. The largest absolute Gasteiger partial charge is 0.508 e. The summed E-state index contributed by atoms with van der Waals surface area (Å²) >= 11 is 0. The molecular formula is C15H20O5. The third-order valence-corrected chi connectivity index (χ3v) is 2.84. The predicted octanol–water partition coefficient (Wildman–Crippen LogP) is 3.11. The van der Waals surface area contributed by atoms with Gasteiger partial charge in [-0.25, -0.2) is 0 Å². The number of carboxylic acids is 1. The van der Waals surface area contributed by atoms with E-state index in [1.165, 1.54) is 12.1 Å². The van der Waals surface area contributed by atoms with E-state index < -0.39 is 5.97 Å². The summed E-state index contributed by atoms with van der Waals surface area (Å²) in [7, 11) is 0. The Bertz CT molecular complexity index is 424. The van der Waals surface area contributed by atoms with Crippen molar-refractivity contribution in [3.8, 4) is 11.5 Å². The minimum Gasteiger partial charge on any atom is -0.508 e. The molecule has 0 aliphatic carbocycles. The molecule has 0 unspecified atom stereocenters. The number of aliphatic carboxylic acids is 1. The van der Waals surface area contributed by atoms with E-state index in [1.807, 2.05) is 0 Å². The summed E-state index contributed by atoms with van der Waals surface area (Å²) in [6.45, 7) is 0. The Labute approximate surface area is 118 Å². The minimum absolute atomic E-state index is 0.131. The van der Waals surface area contributed by atoms with Crippen LogP contribution in [0, 0.1) is 0 Å². The SMILES string of the molecule is O=C(O)CCCCCCCC(=O)Oc1ccc(O)cc1. The summed E-state index contributed by atoms with van der Waals surface area (Å²) in [6.07, 6.45) is 4.68. The van der Waals surface area contributed by atoms with Crippen LogP contribution < -0.4 is 4.74 Å². The number of ether oxygens (including phenoxy) is 1. The van der Waals surface area contributed by atoms with Crippen molar-refractivity contribution in [1.29, 1.82) is 0 Å². The van der Waals surface area contributed by atoms with E-state index in [2.05, 4.69) is 0 Å². The van der Waals surface area contributed by atoms with E-state index in [9.17, 15) is 9.59 Å². The number of unbranched alkanes of at least 4 members (excludes halogenated alkanes) is 4. The van der Waals surface area contributed by atoms with Crippen LogP contribution in [0.3, 0.4) is 0 Å². The Hall–Kier alpha value is -2.04. The Morgan fingerprint density at radius 2 is 1.45 bits per heavy atom. The number of aromatic hydroxyl groups is 1. The summed E-state index contributed by atoms with van der Waals surface area (Å²) in [5.41, 5.74) is 0. The number of carbonyl (C=O) groups is 2. The topological polar surface area (TPSA) is 83.8 Å². The lowest BCUT2D eigenvalue weighted by molar-refractivity contribution is -0.137. The second-order valence-electron chi connectivity index (χ2n) is 4.63. The highest BCUT2D eigenvalue weighted by molar-refractivity contribution is 5.72. The number of hydrogen-bond donors (Lipinski definition) is 2. The van der Waals surface area contributed by atoms with Gasteiger partial charge < -0.3 is 14.9 Å². The molecule has 0 amide bonds. The van der Waals surface area contributed by atoms with Crippen molar-refractivity contribution < 1.29 is 24.5 Å². The number of phenolic OH excluding ortho intramolecular Hbond substituents is 1. The summed E-state index contributed by atoms with van der Waals surface area (Å²) in [4.78, 5) is 21.8. The fourth-order valence-corrected chi connectivity index (χ4v) is 1.77. The van der Waals surface area contributed by atoms with Crippen molar-refractivity contribution >= 4 is 11.9 Å². The first-order valence-corrected chi connectivity index (χ1v) is 6.79. The molecule has 0 bridgehead atoms. The standard InChI is InChI=1S/C15H20O5/c16-12-8-10-13(11-9-12)20-15(19)7-5-3-1-2-4-6-14(17)18/h8-11,16H,1-7H2,(H,17,18). The number of carboxylic acid groups (broad SMARTS) is 1. The van der Waals surface area contributed by atoms with Crippen LogP contribution in [-0.4, -0.2) is 22.2 Å². The molecule has 5 nitrogen and oxygen atoms in total. The van der Waals surface area contributed by atoms with Crippen LogP contribution >= 0.6 is 0 Å². The average Bonchev–Trinajstić information content (AvgIpc) is 2.40. The van der Waals surface area contributed by atoms with Crippen LogP contribution in [0.4, 0.5) is 0 Å². The third-order valence-electron chi connectivity index (χ3n) is 2.84. The van der Waals surface area contributed by atoms with Gasteiger partial charge in [-0.2, -0.15) is 0 Å². The lowest BCUT2D eigenvalue weighted by atomic mass is 10.1. The first kappa shape index (κ1) is 16.0. The lowest BCUT2D eigenvalue weighted by Crippen LogP contribution is -2.07. The molecule has 1 rings (SSSR count). The first-order chi connectivity index (χ1) is 9.58. The van der Waals surface area contributed by atoms with Crippen molar-refractivity contribution in [3.63, 3.8) is 0 Å². The number of carbonyl (C=O) groups excluding carboxylic acids is 1. The highest BCUT2D eigenvalue weighted by atomic mass is 16.5. The van der Waals surface area contributed by atoms with Crippen LogP contribution in [0.25, 0.3) is 0 Å². The lowest BCUT2D eigenvalue weighted by Gasteiger charge is -2.04. The number of esters is 1. The number of hydrogen-bond acceptors (Lipinski definition) is 4. The van der Waals surface area contributed by atoms with E-state index in [4.69, 9.17) is 14.9 Å². The van der Waals surface area contributed by atoms with Gasteiger partial charge in [-0.3, -0.25) is 9.59 Å². The van der Waals surface area contributed by atoms with Gasteiger partial charge in [0.25, 0.3) is 0 Å². The molecule has 0 saturated carbocycles. The summed E-state index contributed by atoms with van der Waals surface area (Å²) < 4.78 is 5.10. The predicted molar refractivity (Wildman–Crippen MR) is 73.7 cm³/mol. The number of benzene rings is 1. The van der Waals surface area contributed by atoms with Crippen LogP contribution in [0.1, 0.15) is 44.9 Å². The molecule has 0 aliphatic heterocycles. The zero-order valence-electron chi connectivity index (χ0n) is 11.4. The molecular weight excluding hydrogens is 260 g/mol. The van der Waals surface area contributed by atoms with Crippen LogP contribution in [-0.2, 0) is 9.59 Å². The highest BCUT2D eigenvalue weighted by Crippen LogP contribution is 2.17. The van der Waals surface area contributed by atoms with Crippen molar-refractivity contribution in [1.82, 2.24) is 0 Å². The second-order valence-corrected chi connectivity index (χ2v) is 4.63. The molecule has 20 heavy (non-hydrogen) atoms. The molecule has 0 aliphatic rings. The van der Waals surface area contributed by atoms with Crippen LogP contribution in [0.2, 0.25) is 0 Å². The van der Waals surface area contributed by atoms with Crippen LogP contribution in [0.5, 0.6) is 11.5 Å². The molecule has 0 fully saturated rings. The smallest absolute Gasteiger partial charge is 0.311 e. The van der Waals surface area contributed by atoms with E-state index in [1.54, 1.807) is 12.1 Å². The van der Waals surface area contributed by atoms with Gasteiger partial charge in [0, 0.05) is 12.8 Å². The molecule has 0 atom stereocenters. The van der Waals surface area contributed by atoms with E-state index >= 15 is 0 Å². The summed E-state index contributed by atoms with van der Waals surface area (Å²) in [6, 6.07) is 6.01. The van der Waals surface area contributed by atoms with Gasteiger partial charge in [-0.05, 0) is 37.1 Å². The molecule has 0 heterocycles. The molecule has 0 radical (unpaired) electrons. The van der Waals surface area contributed by atoms with Crippen molar-refractivity contribution in [2.75, 3.05) is 0 Å². The fourth-order valence-electron chi connectivity index (χ4n) is 1.77. The first-order valence-electron chi connectivity index (χ1n) is 6.79. The summed E-state index contributed by atoms with van der Waals surface area (Å²) in [5, 5.41) is 17.6. The van der Waals surface area contributed by atoms with Gasteiger partial charge in [-0.1, -0.05) is 19.3 Å². The molecule has 0 aromatic heterocycles. The van der Waals surface area contributed by atoms with Gasteiger partial charge in [0.15, 0.2) is 0 Å². The summed E-state index contributed by atoms with van der Waals surface area (Å²) in [5.74, 6) is -0.496. The van der Waals surface area contributed by atoms with E-state index in [0.717, 1.165) is 25.7 Å². The van der Waals surface area contributed by atoms with Crippen molar-refractivity contribution in [2.45, 2.75) is 44.9 Å². The maximum atomic E-state index is 11.5. The van der Waals surface area contributed by atoms with Gasteiger partial charge in [-0.15, -0.1) is 0 Å². The zero-order valence-corrected chi connectivity index (χ0v) is 11.4.